The molecule has 0 fully saturated rings. The number of ether oxygens (including phenoxy) is 1. The minimum atomic E-state index is -4.90. The molecule has 1 aromatic carbocycles. The predicted molar refractivity (Wildman–Crippen MR) is 75.9 cm³/mol. The Bertz CT molecular complexity index is 528. The lowest BCUT2D eigenvalue weighted by molar-refractivity contribution is -0.189. The molecule has 1 aromatic rings. The molecule has 6 heteroatoms. The van der Waals surface area contributed by atoms with Crippen molar-refractivity contribution in [3.63, 3.8) is 0 Å². The Morgan fingerprint density at radius 2 is 2.05 bits per heavy atom. The summed E-state index contributed by atoms with van der Waals surface area (Å²) in [6, 6.07) is 8.00. The van der Waals surface area contributed by atoms with E-state index in [1.807, 2.05) is 6.08 Å². The Morgan fingerprint density at radius 3 is 2.59 bits per heavy atom. The largest absolute Gasteiger partial charge is 0.497 e. The monoisotopic (exact) mass is 313 g/mol. The number of rotatable bonds is 4. The van der Waals surface area contributed by atoms with Gasteiger partial charge in [0.25, 0.3) is 0 Å². The van der Waals surface area contributed by atoms with Crippen molar-refractivity contribution in [1.82, 2.24) is 4.90 Å². The van der Waals surface area contributed by atoms with Crippen LogP contribution in [0.15, 0.2) is 42.7 Å². The SMILES string of the molecule is C[C@@H](c1ccccc1)N(C[C@@H]1CCC=CO1)C(=O)C(F)(F)F. The van der Waals surface area contributed by atoms with E-state index in [2.05, 4.69) is 0 Å². The van der Waals surface area contributed by atoms with Crippen LogP contribution in [0.3, 0.4) is 0 Å². The molecule has 1 amide bonds. The van der Waals surface area contributed by atoms with Gasteiger partial charge in [0.1, 0.15) is 6.10 Å². The lowest BCUT2D eigenvalue weighted by atomic mass is 10.0. The molecular weight excluding hydrogens is 295 g/mol. The average molecular weight is 313 g/mol. The molecule has 0 saturated heterocycles. The molecule has 1 heterocycles. The van der Waals surface area contributed by atoms with Crippen LogP contribution in [0.1, 0.15) is 31.4 Å². The maximum Gasteiger partial charge on any atom is 0.471 e. The van der Waals surface area contributed by atoms with Gasteiger partial charge in [-0.05, 0) is 31.4 Å². The van der Waals surface area contributed by atoms with Gasteiger partial charge in [0, 0.05) is 0 Å². The predicted octanol–water partition coefficient (Wildman–Crippen LogP) is 3.83. The van der Waals surface area contributed by atoms with Crippen molar-refractivity contribution in [3.8, 4) is 0 Å². The third kappa shape index (κ3) is 4.02. The molecule has 0 saturated carbocycles. The van der Waals surface area contributed by atoms with Crippen molar-refractivity contribution < 1.29 is 22.7 Å². The molecule has 0 radical (unpaired) electrons. The normalized spacial score (nSPS) is 19.4. The minimum absolute atomic E-state index is 0.0846. The van der Waals surface area contributed by atoms with E-state index in [9.17, 15) is 18.0 Å². The molecule has 0 aliphatic carbocycles. The van der Waals surface area contributed by atoms with Crippen LogP contribution in [0.25, 0.3) is 0 Å². The molecule has 0 aromatic heterocycles. The van der Waals surface area contributed by atoms with Crippen LogP contribution >= 0.6 is 0 Å². The first kappa shape index (κ1) is 16.4. The van der Waals surface area contributed by atoms with Gasteiger partial charge in [-0.15, -0.1) is 0 Å². The number of amides is 1. The van der Waals surface area contributed by atoms with Crippen molar-refractivity contribution in [2.75, 3.05) is 6.54 Å². The Hall–Kier alpha value is -1.98. The molecule has 0 unspecified atom stereocenters. The first-order valence-electron chi connectivity index (χ1n) is 7.13. The fourth-order valence-corrected chi connectivity index (χ4v) is 2.43. The van der Waals surface area contributed by atoms with E-state index in [1.165, 1.54) is 6.26 Å². The van der Waals surface area contributed by atoms with Gasteiger partial charge in [0.2, 0.25) is 0 Å². The second-order valence-corrected chi connectivity index (χ2v) is 5.25. The Kier molecular flexibility index (Phi) is 5.11. The summed E-state index contributed by atoms with van der Waals surface area (Å²) in [7, 11) is 0. The van der Waals surface area contributed by atoms with Crippen LogP contribution in [0, 0.1) is 0 Å². The fraction of sp³-hybridized carbons (Fsp3) is 0.438. The van der Waals surface area contributed by atoms with Gasteiger partial charge >= 0.3 is 12.1 Å². The maximum atomic E-state index is 12.9. The zero-order valence-electron chi connectivity index (χ0n) is 12.2. The highest BCUT2D eigenvalue weighted by Crippen LogP contribution is 2.28. The van der Waals surface area contributed by atoms with Crippen LogP contribution in [-0.4, -0.2) is 29.6 Å². The second kappa shape index (κ2) is 6.85. The summed E-state index contributed by atoms with van der Waals surface area (Å²) in [4.78, 5) is 12.6. The Labute approximate surface area is 127 Å². The standard InChI is InChI=1S/C16H18F3NO2/c1-12(13-7-3-2-4-8-13)20(15(21)16(17,18)19)11-14-9-5-6-10-22-14/h2-4,6-8,10,12,14H,5,9,11H2,1H3/t12-,14-/m0/s1. The van der Waals surface area contributed by atoms with Crippen molar-refractivity contribution in [2.45, 2.75) is 38.1 Å². The van der Waals surface area contributed by atoms with Crippen molar-refractivity contribution in [2.24, 2.45) is 0 Å². The number of halogens is 3. The number of nitrogens with zero attached hydrogens (tertiary/aromatic N) is 1. The van der Waals surface area contributed by atoms with Crippen LogP contribution in [0.4, 0.5) is 13.2 Å². The first-order valence-corrected chi connectivity index (χ1v) is 7.13. The molecule has 120 valence electrons. The van der Waals surface area contributed by atoms with Crippen LogP contribution in [0.5, 0.6) is 0 Å². The third-order valence-electron chi connectivity index (χ3n) is 3.68. The lowest BCUT2D eigenvalue weighted by Crippen LogP contribution is -2.46. The van der Waals surface area contributed by atoms with E-state index in [0.29, 0.717) is 12.0 Å². The second-order valence-electron chi connectivity index (χ2n) is 5.25. The first-order chi connectivity index (χ1) is 10.4. The summed E-state index contributed by atoms with van der Waals surface area (Å²) >= 11 is 0. The van der Waals surface area contributed by atoms with Crippen LogP contribution in [-0.2, 0) is 9.53 Å². The average Bonchev–Trinajstić information content (AvgIpc) is 2.52. The highest BCUT2D eigenvalue weighted by molar-refractivity contribution is 5.82. The third-order valence-corrected chi connectivity index (χ3v) is 3.68. The number of alkyl halides is 3. The van der Waals surface area contributed by atoms with Gasteiger partial charge in [-0.25, -0.2) is 0 Å². The Morgan fingerprint density at radius 1 is 1.36 bits per heavy atom. The number of benzene rings is 1. The minimum Gasteiger partial charge on any atom is -0.497 e. The number of hydrogen-bond donors (Lipinski definition) is 0. The molecule has 2 atom stereocenters. The molecule has 2 rings (SSSR count). The number of carbonyl (C=O) groups is 1. The molecule has 22 heavy (non-hydrogen) atoms. The molecule has 1 aliphatic heterocycles. The van der Waals surface area contributed by atoms with Gasteiger partial charge in [-0.2, -0.15) is 13.2 Å². The fourth-order valence-electron chi connectivity index (χ4n) is 2.43. The van der Waals surface area contributed by atoms with E-state index in [4.69, 9.17) is 4.74 Å². The van der Waals surface area contributed by atoms with Gasteiger partial charge in [0.05, 0.1) is 18.8 Å². The summed E-state index contributed by atoms with van der Waals surface area (Å²) in [5, 5.41) is 0. The molecule has 0 bridgehead atoms. The smallest absolute Gasteiger partial charge is 0.471 e. The van der Waals surface area contributed by atoms with Crippen LogP contribution < -0.4 is 0 Å². The van der Waals surface area contributed by atoms with E-state index in [0.717, 1.165) is 11.3 Å². The lowest BCUT2D eigenvalue weighted by Gasteiger charge is -2.33. The van der Waals surface area contributed by atoms with Crippen molar-refractivity contribution in [3.05, 3.63) is 48.2 Å². The van der Waals surface area contributed by atoms with Crippen LogP contribution in [0.2, 0.25) is 0 Å². The van der Waals surface area contributed by atoms with E-state index >= 15 is 0 Å². The molecule has 0 N–H and O–H groups in total. The maximum absolute atomic E-state index is 12.9. The molecule has 0 spiro atoms. The topological polar surface area (TPSA) is 29.5 Å². The molecule has 3 nitrogen and oxygen atoms in total. The Balaban J connectivity index is 2.20. The summed E-state index contributed by atoms with van der Waals surface area (Å²) in [6.07, 6.45) is -0.682. The highest BCUT2D eigenvalue weighted by atomic mass is 19.4. The van der Waals surface area contributed by atoms with E-state index in [1.54, 1.807) is 37.3 Å². The molecule has 1 aliphatic rings. The van der Waals surface area contributed by atoms with E-state index < -0.39 is 24.2 Å². The van der Waals surface area contributed by atoms with Gasteiger partial charge in [0.15, 0.2) is 0 Å². The zero-order valence-corrected chi connectivity index (χ0v) is 12.2. The number of allylic oxidation sites excluding steroid dienone is 1. The summed E-state index contributed by atoms with van der Waals surface area (Å²) in [6.45, 7) is 1.51. The zero-order chi connectivity index (χ0) is 16.2. The van der Waals surface area contributed by atoms with Gasteiger partial charge in [-0.1, -0.05) is 30.3 Å². The highest BCUT2D eigenvalue weighted by Gasteiger charge is 2.44. The van der Waals surface area contributed by atoms with Crippen molar-refractivity contribution >= 4 is 5.91 Å². The van der Waals surface area contributed by atoms with Gasteiger partial charge in [-0.3, -0.25) is 4.79 Å². The summed E-state index contributed by atoms with van der Waals surface area (Å²) in [5.41, 5.74) is 0.659. The number of hydrogen-bond acceptors (Lipinski definition) is 2. The summed E-state index contributed by atoms with van der Waals surface area (Å²) < 4.78 is 44.0. The van der Waals surface area contributed by atoms with Gasteiger partial charge < -0.3 is 9.64 Å². The van der Waals surface area contributed by atoms with Crippen molar-refractivity contribution in [1.29, 1.82) is 0 Å². The number of carbonyl (C=O) groups excluding carboxylic acids is 1. The molecular formula is C16H18F3NO2. The summed E-state index contributed by atoms with van der Waals surface area (Å²) in [5.74, 6) is -1.83. The quantitative estimate of drug-likeness (QED) is 0.845. The van der Waals surface area contributed by atoms with E-state index in [-0.39, 0.29) is 6.54 Å².